The molecule has 1 aliphatic heterocycles. The number of carbonyl (C=O) groups is 1. The van der Waals surface area contributed by atoms with Crippen molar-refractivity contribution in [1.82, 2.24) is 9.97 Å². The summed E-state index contributed by atoms with van der Waals surface area (Å²) in [4.78, 5) is 23.1. The van der Waals surface area contributed by atoms with Crippen LogP contribution in [0.4, 0.5) is 15.9 Å². The third-order valence-corrected chi connectivity index (χ3v) is 5.55. The second-order valence-corrected chi connectivity index (χ2v) is 8.36. The monoisotopic (exact) mass is 388 g/mol. The molecule has 2 heterocycles. The van der Waals surface area contributed by atoms with Crippen molar-refractivity contribution >= 4 is 29.2 Å². The fourth-order valence-corrected chi connectivity index (χ4v) is 4.10. The normalized spacial score (nSPS) is 19.8. The summed E-state index contributed by atoms with van der Waals surface area (Å²) >= 11 is 1.35. The fourth-order valence-electron chi connectivity index (χ4n) is 3.44. The van der Waals surface area contributed by atoms with E-state index in [-0.39, 0.29) is 17.5 Å². The van der Waals surface area contributed by atoms with Crippen molar-refractivity contribution in [1.29, 1.82) is 0 Å². The molecule has 1 aromatic carbocycles. The maximum absolute atomic E-state index is 13.6. The van der Waals surface area contributed by atoms with E-state index in [9.17, 15) is 9.18 Å². The lowest BCUT2D eigenvalue weighted by atomic mass is 9.92. The summed E-state index contributed by atoms with van der Waals surface area (Å²) in [6.07, 6.45) is 2.79. The van der Waals surface area contributed by atoms with Crippen LogP contribution in [0.5, 0.6) is 0 Å². The molecule has 1 fully saturated rings. The minimum Gasteiger partial charge on any atom is -0.356 e. The number of amides is 1. The van der Waals surface area contributed by atoms with Gasteiger partial charge in [-0.3, -0.25) is 4.79 Å². The van der Waals surface area contributed by atoms with E-state index in [0.717, 1.165) is 23.9 Å². The zero-order valence-corrected chi connectivity index (χ0v) is 16.7. The number of carbonyl (C=O) groups excluding carboxylic acids is 1. The van der Waals surface area contributed by atoms with E-state index in [0.29, 0.717) is 23.1 Å². The molecule has 2 atom stereocenters. The third kappa shape index (κ3) is 5.42. The Labute approximate surface area is 163 Å². The van der Waals surface area contributed by atoms with Crippen LogP contribution in [0.1, 0.15) is 25.8 Å². The Hall–Kier alpha value is -2.15. The number of hydrogen-bond donors (Lipinski definition) is 1. The molecule has 1 N–H and O–H groups in total. The van der Waals surface area contributed by atoms with E-state index in [2.05, 4.69) is 34.0 Å². The Kier molecular flexibility index (Phi) is 6.31. The van der Waals surface area contributed by atoms with E-state index in [1.54, 1.807) is 25.4 Å². The number of benzene rings is 1. The number of rotatable bonds is 5. The van der Waals surface area contributed by atoms with E-state index in [1.165, 1.54) is 24.2 Å². The average molecular weight is 389 g/mol. The molecule has 0 spiro atoms. The molecule has 1 aliphatic rings. The van der Waals surface area contributed by atoms with Gasteiger partial charge in [-0.2, -0.15) is 0 Å². The molecule has 2 aromatic rings. The van der Waals surface area contributed by atoms with Crippen molar-refractivity contribution in [3.63, 3.8) is 0 Å². The second-order valence-electron chi connectivity index (χ2n) is 7.37. The Balaban J connectivity index is 1.57. The number of nitrogens with one attached hydrogen (secondary N) is 1. The molecule has 0 saturated carbocycles. The number of aromatic nitrogens is 2. The van der Waals surface area contributed by atoms with Crippen LogP contribution < -0.4 is 10.2 Å². The van der Waals surface area contributed by atoms with Gasteiger partial charge in [0.25, 0.3) is 0 Å². The van der Waals surface area contributed by atoms with Gasteiger partial charge in [0.1, 0.15) is 23.0 Å². The zero-order valence-electron chi connectivity index (χ0n) is 15.9. The van der Waals surface area contributed by atoms with Crippen LogP contribution in [0.25, 0.3) is 0 Å². The van der Waals surface area contributed by atoms with Gasteiger partial charge in [-0.05, 0) is 42.9 Å². The Morgan fingerprint density at radius 2 is 2.00 bits per heavy atom. The standard InChI is InChI=1S/C20H25FN4OS/c1-13-6-14(2)10-25(9-13)18-8-20(23-12-22-18)27-11-19(26)24-16-5-4-15(3)17(21)7-16/h4-5,7-8,12-14H,6,9-11H2,1-3H3,(H,24,26)/t13-,14-/m1/s1. The highest BCUT2D eigenvalue weighted by atomic mass is 32.2. The molecule has 1 amide bonds. The van der Waals surface area contributed by atoms with Gasteiger partial charge in [0, 0.05) is 24.8 Å². The summed E-state index contributed by atoms with van der Waals surface area (Å²) in [6, 6.07) is 6.62. The topological polar surface area (TPSA) is 58.1 Å². The van der Waals surface area contributed by atoms with Gasteiger partial charge >= 0.3 is 0 Å². The first-order valence-corrected chi connectivity index (χ1v) is 10.1. The van der Waals surface area contributed by atoms with Gasteiger partial charge in [-0.25, -0.2) is 14.4 Å². The molecule has 5 nitrogen and oxygen atoms in total. The quantitative estimate of drug-likeness (QED) is 0.616. The lowest BCUT2D eigenvalue weighted by molar-refractivity contribution is -0.113. The molecule has 7 heteroatoms. The smallest absolute Gasteiger partial charge is 0.234 e. The second kappa shape index (κ2) is 8.69. The number of nitrogens with zero attached hydrogens (tertiary/aromatic N) is 3. The minimum atomic E-state index is -0.328. The highest BCUT2D eigenvalue weighted by Crippen LogP contribution is 2.27. The first kappa shape index (κ1) is 19.6. The van der Waals surface area contributed by atoms with Crippen molar-refractivity contribution in [2.24, 2.45) is 11.8 Å². The molecule has 0 bridgehead atoms. The molecule has 3 rings (SSSR count). The highest BCUT2D eigenvalue weighted by molar-refractivity contribution is 7.99. The summed E-state index contributed by atoms with van der Waals surface area (Å²) in [6.45, 7) is 8.19. The van der Waals surface area contributed by atoms with Gasteiger partial charge in [-0.15, -0.1) is 0 Å². The van der Waals surface area contributed by atoms with Crippen molar-refractivity contribution in [3.8, 4) is 0 Å². The predicted molar refractivity (Wildman–Crippen MR) is 108 cm³/mol. The molecule has 144 valence electrons. The molecule has 0 aliphatic carbocycles. The largest absolute Gasteiger partial charge is 0.356 e. The van der Waals surface area contributed by atoms with Gasteiger partial charge in [-0.1, -0.05) is 31.7 Å². The van der Waals surface area contributed by atoms with E-state index in [4.69, 9.17) is 0 Å². The van der Waals surface area contributed by atoms with Crippen LogP contribution in [0.2, 0.25) is 0 Å². The Morgan fingerprint density at radius 1 is 1.26 bits per heavy atom. The summed E-state index contributed by atoms with van der Waals surface area (Å²) in [5.41, 5.74) is 1.01. The van der Waals surface area contributed by atoms with Gasteiger partial charge in [0.15, 0.2) is 0 Å². The van der Waals surface area contributed by atoms with Crippen LogP contribution >= 0.6 is 11.8 Å². The van der Waals surface area contributed by atoms with Crippen LogP contribution in [0.3, 0.4) is 0 Å². The van der Waals surface area contributed by atoms with Gasteiger partial charge < -0.3 is 10.2 Å². The number of thioether (sulfide) groups is 1. The molecule has 1 aromatic heterocycles. The fraction of sp³-hybridized carbons (Fsp3) is 0.450. The SMILES string of the molecule is Cc1ccc(NC(=O)CSc2cc(N3C[C@H](C)C[C@@H](C)C3)ncn2)cc1F. The maximum atomic E-state index is 13.6. The van der Waals surface area contributed by atoms with Crippen LogP contribution in [-0.4, -0.2) is 34.7 Å². The summed E-state index contributed by atoms with van der Waals surface area (Å²) in [5, 5.41) is 3.48. The molecule has 1 saturated heterocycles. The van der Waals surface area contributed by atoms with Crippen molar-refractivity contribution in [2.45, 2.75) is 32.2 Å². The van der Waals surface area contributed by atoms with E-state index < -0.39 is 0 Å². The predicted octanol–water partition coefficient (Wildman–Crippen LogP) is 4.14. The average Bonchev–Trinajstić information content (AvgIpc) is 2.62. The number of piperidine rings is 1. The molecular formula is C20H25FN4OS. The van der Waals surface area contributed by atoms with Gasteiger partial charge in [0.05, 0.1) is 5.75 Å². The Morgan fingerprint density at radius 3 is 2.70 bits per heavy atom. The highest BCUT2D eigenvalue weighted by Gasteiger charge is 2.23. The number of aryl methyl sites for hydroxylation is 1. The number of anilines is 2. The maximum Gasteiger partial charge on any atom is 0.234 e. The summed E-state index contributed by atoms with van der Waals surface area (Å²) in [7, 11) is 0. The van der Waals surface area contributed by atoms with Crippen LogP contribution in [-0.2, 0) is 4.79 Å². The van der Waals surface area contributed by atoms with Crippen molar-refractivity contribution in [3.05, 3.63) is 42.0 Å². The first-order valence-electron chi connectivity index (χ1n) is 9.16. The van der Waals surface area contributed by atoms with Crippen LogP contribution in [0, 0.1) is 24.6 Å². The number of hydrogen-bond acceptors (Lipinski definition) is 5. The van der Waals surface area contributed by atoms with Crippen LogP contribution in [0.15, 0.2) is 35.6 Å². The zero-order chi connectivity index (χ0) is 19.4. The lowest BCUT2D eigenvalue weighted by Gasteiger charge is -2.35. The third-order valence-electron chi connectivity index (χ3n) is 4.63. The molecule has 0 unspecified atom stereocenters. The summed E-state index contributed by atoms with van der Waals surface area (Å²) < 4.78 is 13.6. The Bertz CT molecular complexity index is 806. The van der Waals surface area contributed by atoms with E-state index in [1.807, 2.05) is 6.07 Å². The molecule has 27 heavy (non-hydrogen) atoms. The molecule has 0 radical (unpaired) electrons. The molecular weight excluding hydrogens is 363 g/mol. The summed E-state index contributed by atoms with van der Waals surface area (Å²) in [5.74, 6) is 1.88. The number of halogens is 1. The minimum absolute atomic E-state index is 0.191. The lowest BCUT2D eigenvalue weighted by Crippen LogP contribution is -2.39. The van der Waals surface area contributed by atoms with E-state index >= 15 is 0 Å². The van der Waals surface area contributed by atoms with Crippen molar-refractivity contribution in [2.75, 3.05) is 29.1 Å². The van der Waals surface area contributed by atoms with Gasteiger partial charge in [0.2, 0.25) is 5.91 Å². The first-order chi connectivity index (χ1) is 12.9. The van der Waals surface area contributed by atoms with Crippen molar-refractivity contribution < 1.29 is 9.18 Å².